The van der Waals surface area contributed by atoms with E-state index in [1.807, 2.05) is 24.3 Å². The first-order chi connectivity index (χ1) is 10.7. The van der Waals surface area contributed by atoms with Gasteiger partial charge in [-0.2, -0.15) is 0 Å². The summed E-state index contributed by atoms with van der Waals surface area (Å²) >= 11 is 0. The van der Waals surface area contributed by atoms with Crippen molar-refractivity contribution in [2.75, 3.05) is 33.4 Å². The lowest BCUT2D eigenvalue weighted by Crippen LogP contribution is -2.40. The molecule has 2 rings (SSSR count). The molecule has 0 radical (unpaired) electrons. The van der Waals surface area contributed by atoms with Crippen molar-refractivity contribution in [3.63, 3.8) is 0 Å². The van der Waals surface area contributed by atoms with Crippen molar-refractivity contribution >= 4 is 18.3 Å². The minimum absolute atomic E-state index is 0. The molecule has 1 aliphatic heterocycles. The molecule has 1 amide bonds. The number of piperidine rings is 1. The first kappa shape index (κ1) is 19.6. The summed E-state index contributed by atoms with van der Waals surface area (Å²) in [5.74, 6) is 2.04. The third kappa shape index (κ3) is 6.28. The van der Waals surface area contributed by atoms with Crippen molar-refractivity contribution in [3.8, 4) is 11.5 Å². The van der Waals surface area contributed by atoms with Gasteiger partial charge in [-0.1, -0.05) is 19.1 Å². The maximum Gasteiger partial charge on any atom is 0.223 e. The molecule has 1 aromatic rings. The van der Waals surface area contributed by atoms with E-state index in [-0.39, 0.29) is 30.2 Å². The fourth-order valence-electron chi connectivity index (χ4n) is 2.53. The summed E-state index contributed by atoms with van der Waals surface area (Å²) in [6, 6.07) is 7.59. The number of benzene rings is 1. The van der Waals surface area contributed by atoms with Crippen LogP contribution in [0.5, 0.6) is 11.5 Å². The minimum atomic E-state index is 0. The van der Waals surface area contributed by atoms with Gasteiger partial charge >= 0.3 is 0 Å². The molecule has 0 aromatic heterocycles. The topological polar surface area (TPSA) is 59.6 Å². The van der Waals surface area contributed by atoms with E-state index in [4.69, 9.17) is 9.47 Å². The van der Waals surface area contributed by atoms with E-state index in [2.05, 4.69) is 17.6 Å². The molecule has 23 heavy (non-hydrogen) atoms. The smallest absolute Gasteiger partial charge is 0.223 e. The predicted octanol–water partition coefficient (Wildman–Crippen LogP) is 2.25. The summed E-state index contributed by atoms with van der Waals surface area (Å²) in [5.41, 5.74) is 0. The van der Waals surface area contributed by atoms with Crippen molar-refractivity contribution in [1.29, 1.82) is 0 Å². The summed E-state index contributed by atoms with van der Waals surface area (Å²) < 4.78 is 11.0. The Morgan fingerprint density at radius 2 is 1.96 bits per heavy atom. The highest BCUT2D eigenvalue weighted by atomic mass is 35.5. The van der Waals surface area contributed by atoms with Gasteiger partial charge in [0.15, 0.2) is 11.5 Å². The first-order valence-corrected chi connectivity index (χ1v) is 7.95. The maximum atomic E-state index is 12.1. The quantitative estimate of drug-likeness (QED) is 0.798. The fraction of sp³-hybridized carbons (Fsp3) is 0.588. The van der Waals surface area contributed by atoms with E-state index >= 15 is 0 Å². The molecule has 6 heteroatoms. The monoisotopic (exact) mass is 342 g/mol. The van der Waals surface area contributed by atoms with Crippen LogP contribution in [0.4, 0.5) is 0 Å². The Kier molecular flexibility index (Phi) is 8.81. The van der Waals surface area contributed by atoms with Crippen LogP contribution in [0.1, 0.15) is 19.8 Å². The number of para-hydroxylation sites is 2. The van der Waals surface area contributed by atoms with Crippen molar-refractivity contribution in [1.82, 2.24) is 10.6 Å². The Morgan fingerprint density at radius 3 is 2.61 bits per heavy atom. The zero-order valence-corrected chi connectivity index (χ0v) is 14.7. The van der Waals surface area contributed by atoms with Crippen molar-refractivity contribution < 1.29 is 14.3 Å². The van der Waals surface area contributed by atoms with Gasteiger partial charge in [-0.3, -0.25) is 4.79 Å². The third-order valence-electron chi connectivity index (χ3n) is 3.93. The Hall–Kier alpha value is -1.46. The van der Waals surface area contributed by atoms with Gasteiger partial charge in [0, 0.05) is 18.4 Å². The van der Waals surface area contributed by atoms with Crippen LogP contribution in [0.15, 0.2) is 24.3 Å². The molecule has 1 aromatic carbocycles. The van der Waals surface area contributed by atoms with Crippen LogP contribution in [0, 0.1) is 11.8 Å². The number of rotatable bonds is 7. The third-order valence-corrected chi connectivity index (χ3v) is 3.93. The van der Waals surface area contributed by atoms with Gasteiger partial charge in [-0.25, -0.2) is 0 Å². The van der Waals surface area contributed by atoms with Crippen LogP contribution >= 0.6 is 12.4 Å². The van der Waals surface area contributed by atoms with Gasteiger partial charge in [-0.15, -0.1) is 12.4 Å². The molecular weight excluding hydrogens is 316 g/mol. The molecule has 1 heterocycles. The molecule has 2 N–H and O–H groups in total. The van der Waals surface area contributed by atoms with Crippen LogP contribution in [0.25, 0.3) is 0 Å². The largest absolute Gasteiger partial charge is 0.493 e. The van der Waals surface area contributed by atoms with Crippen LogP contribution in [0.2, 0.25) is 0 Å². The Morgan fingerprint density at radius 1 is 1.30 bits per heavy atom. The molecule has 1 aliphatic rings. The number of carbonyl (C=O) groups is 1. The molecular formula is C17H27ClN2O3. The lowest BCUT2D eigenvalue weighted by molar-refractivity contribution is -0.125. The minimum Gasteiger partial charge on any atom is -0.493 e. The second-order valence-corrected chi connectivity index (χ2v) is 5.84. The number of ether oxygens (including phenoxy) is 2. The highest BCUT2D eigenvalue weighted by molar-refractivity contribution is 5.85. The summed E-state index contributed by atoms with van der Waals surface area (Å²) in [5, 5.41) is 6.31. The van der Waals surface area contributed by atoms with E-state index in [0.29, 0.717) is 13.2 Å². The molecule has 0 bridgehead atoms. The highest BCUT2D eigenvalue weighted by Gasteiger charge is 2.20. The molecule has 130 valence electrons. The molecule has 0 aliphatic carbocycles. The summed E-state index contributed by atoms with van der Waals surface area (Å²) in [6.45, 7) is 5.12. The van der Waals surface area contributed by atoms with E-state index in [0.717, 1.165) is 37.4 Å². The van der Waals surface area contributed by atoms with Crippen LogP contribution in [-0.4, -0.2) is 39.3 Å². The fourth-order valence-corrected chi connectivity index (χ4v) is 2.53. The first-order valence-electron chi connectivity index (χ1n) is 7.95. The average molecular weight is 343 g/mol. The standard InChI is InChI=1S/C17H26N2O3.ClH/c1-13(11-19-17(20)14-7-9-18-10-8-14)12-22-16-6-4-3-5-15(16)21-2;/h3-6,13-14,18H,7-12H2,1-2H3,(H,19,20);1H. The van der Waals surface area contributed by atoms with Gasteiger partial charge in [-0.05, 0) is 38.1 Å². The normalized spacial score (nSPS) is 16.1. The van der Waals surface area contributed by atoms with E-state index < -0.39 is 0 Å². The molecule has 1 unspecified atom stereocenters. The number of hydrogen-bond donors (Lipinski definition) is 2. The molecule has 5 nitrogen and oxygen atoms in total. The van der Waals surface area contributed by atoms with Crippen molar-refractivity contribution in [3.05, 3.63) is 24.3 Å². The van der Waals surface area contributed by atoms with Crippen molar-refractivity contribution in [2.24, 2.45) is 11.8 Å². The van der Waals surface area contributed by atoms with Gasteiger partial charge in [0.2, 0.25) is 5.91 Å². The number of halogens is 1. The van der Waals surface area contributed by atoms with Gasteiger partial charge in [0.25, 0.3) is 0 Å². The highest BCUT2D eigenvalue weighted by Crippen LogP contribution is 2.26. The Balaban J connectivity index is 0.00000264. The lowest BCUT2D eigenvalue weighted by atomic mass is 9.97. The van der Waals surface area contributed by atoms with Crippen LogP contribution < -0.4 is 20.1 Å². The van der Waals surface area contributed by atoms with E-state index in [1.165, 1.54) is 0 Å². The van der Waals surface area contributed by atoms with Crippen LogP contribution in [0.3, 0.4) is 0 Å². The summed E-state index contributed by atoms with van der Waals surface area (Å²) in [4.78, 5) is 12.1. The summed E-state index contributed by atoms with van der Waals surface area (Å²) in [6.07, 6.45) is 1.86. The predicted molar refractivity (Wildman–Crippen MR) is 93.5 cm³/mol. The zero-order valence-electron chi connectivity index (χ0n) is 13.8. The Labute approximate surface area is 144 Å². The summed E-state index contributed by atoms with van der Waals surface area (Å²) in [7, 11) is 1.63. The van der Waals surface area contributed by atoms with Gasteiger partial charge < -0.3 is 20.1 Å². The van der Waals surface area contributed by atoms with Crippen LogP contribution in [-0.2, 0) is 4.79 Å². The second-order valence-electron chi connectivity index (χ2n) is 5.84. The maximum absolute atomic E-state index is 12.1. The van der Waals surface area contributed by atoms with Crippen molar-refractivity contribution in [2.45, 2.75) is 19.8 Å². The number of methoxy groups -OCH3 is 1. The average Bonchev–Trinajstić information content (AvgIpc) is 2.58. The molecule has 1 saturated heterocycles. The Bertz CT molecular complexity index is 479. The van der Waals surface area contributed by atoms with Gasteiger partial charge in [0.05, 0.1) is 13.7 Å². The molecule has 1 atom stereocenters. The second kappa shape index (κ2) is 10.3. The van der Waals surface area contributed by atoms with E-state index in [9.17, 15) is 4.79 Å². The number of hydrogen-bond acceptors (Lipinski definition) is 4. The zero-order chi connectivity index (χ0) is 15.8. The SMILES string of the molecule is COc1ccccc1OCC(C)CNC(=O)C1CCNCC1.Cl. The number of amides is 1. The molecule has 0 saturated carbocycles. The molecule has 0 spiro atoms. The number of nitrogens with one attached hydrogen (secondary N) is 2. The van der Waals surface area contributed by atoms with E-state index in [1.54, 1.807) is 7.11 Å². The number of carbonyl (C=O) groups excluding carboxylic acids is 1. The molecule has 1 fully saturated rings. The van der Waals surface area contributed by atoms with Gasteiger partial charge in [0.1, 0.15) is 0 Å². The lowest BCUT2D eigenvalue weighted by Gasteiger charge is -2.23.